The van der Waals surface area contributed by atoms with Crippen LogP contribution in [0.1, 0.15) is 11.3 Å². The number of para-hydroxylation sites is 2. The molecule has 21 heavy (non-hydrogen) atoms. The molecule has 0 bridgehead atoms. The van der Waals surface area contributed by atoms with E-state index < -0.39 is 19.0 Å². The van der Waals surface area contributed by atoms with Gasteiger partial charge in [0, 0.05) is 16.7 Å². The molecule has 0 aliphatic heterocycles. The quantitative estimate of drug-likeness (QED) is 0.482. The van der Waals surface area contributed by atoms with Gasteiger partial charge in [-0.05, 0) is 13.0 Å². The van der Waals surface area contributed by atoms with Gasteiger partial charge in [-0.1, -0.05) is 12.1 Å². The number of aryl methyl sites for hydroxylation is 1. The van der Waals surface area contributed by atoms with Gasteiger partial charge in [-0.25, -0.2) is 13.1 Å². The zero-order chi connectivity index (χ0) is 15.8. The zero-order valence-corrected chi connectivity index (χ0v) is 12.1. The molecule has 0 saturated carbocycles. The summed E-state index contributed by atoms with van der Waals surface area (Å²) in [6, 6.07) is 7.12. The van der Waals surface area contributed by atoms with Crippen LogP contribution in [0.25, 0.3) is 5.69 Å². The summed E-state index contributed by atoms with van der Waals surface area (Å²) < 4.78 is 24.2. The summed E-state index contributed by atoms with van der Waals surface area (Å²) in [6.45, 7) is 1.41. The van der Waals surface area contributed by atoms with E-state index in [0.29, 0.717) is 0 Å². The fraction of sp³-hybridized carbons (Fsp3) is 0.0909. The first-order chi connectivity index (χ1) is 9.77. The summed E-state index contributed by atoms with van der Waals surface area (Å²) in [5, 5.41) is 23.4. The van der Waals surface area contributed by atoms with E-state index >= 15 is 0 Å². The molecule has 0 atom stereocenters. The van der Waals surface area contributed by atoms with Crippen LogP contribution in [0.5, 0.6) is 0 Å². The molecule has 1 aromatic carbocycles. The van der Waals surface area contributed by atoms with Crippen LogP contribution in [0.4, 0.5) is 5.69 Å². The van der Waals surface area contributed by atoms with Gasteiger partial charge in [0.15, 0.2) is 5.03 Å². The van der Waals surface area contributed by atoms with Gasteiger partial charge < -0.3 is 0 Å². The first kappa shape index (κ1) is 15.0. The summed E-state index contributed by atoms with van der Waals surface area (Å²) in [7, 11) is 1.01. The van der Waals surface area contributed by atoms with Crippen molar-refractivity contribution < 1.29 is 13.3 Å². The van der Waals surface area contributed by atoms with E-state index in [1.807, 2.05) is 0 Å². The molecule has 0 spiro atoms. The van der Waals surface area contributed by atoms with Crippen molar-refractivity contribution >= 4 is 25.4 Å². The Morgan fingerprint density at radius 1 is 1.43 bits per heavy atom. The van der Waals surface area contributed by atoms with E-state index in [9.17, 15) is 18.5 Å². The lowest BCUT2D eigenvalue weighted by Gasteiger charge is -2.05. The van der Waals surface area contributed by atoms with Crippen LogP contribution >= 0.6 is 10.7 Å². The molecular formula is C11H7ClN4O4S. The van der Waals surface area contributed by atoms with E-state index in [1.165, 1.54) is 31.2 Å². The van der Waals surface area contributed by atoms with Gasteiger partial charge in [0.05, 0.1) is 10.6 Å². The molecular weight excluding hydrogens is 320 g/mol. The van der Waals surface area contributed by atoms with Crippen molar-refractivity contribution in [3.05, 3.63) is 45.6 Å². The molecule has 108 valence electrons. The summed E-state index contributed by atoms with van der Waals surface area (Å²) in [5.74, 6) is 0. The van der Waals surface area contributed by atoms with Gasteiger partial charge in [-0.2, -0.15) is 10.4 Å². The Morgan fingerprint density at radius 2 is 2.05 bits per heavy atom. The minimum Gasteiger partial charge on any atom is -0.258 e. The highest BCUT2D eigenvalue weighted by molar-refractivity contribution is 8.13. The Morgan fingerprint density at radius 3 is 2.57 bits per heavy atom. The third-order valence-electron chi connectivity index (χ3n) is 2.67. The Labute approximate surface area is 123 Å². The number of nitro groups is 1. The van der Waals surface area contributed by atoms with Crippen LogP contribution in [0.3, 0.4) is 0 Å². The smallest absolute Gasteiger partial charge is 0.258 e. The highest BCUT2D eigenvalue weighted by atomic mass is 35.7. The fourth-order valence-corrected chi connectivity index (χ4v) is 3.03. The summed E-state index contributed by atoms with van der Waals surface area (Å²) in [5.41, 5.74) is -0.588. The van der Waals surface area contributed by atoms with E-state index in [-0.39, 0.29) is 22.6 Å². The Bertz CT molecular complexity index is 882. The van der Waals surface area contributed by atoms with Crippen molar-refractivity contribution in [2.45, 2.75) is 11.9 Å². The molecule has 1 heterocycles. The monoisotopic (exact) mass is 326 g/mol. The number of aromatic nitrogens is 2. The number of hydrogen-bond acceptors (Lipinski definition) is 6. The lowest BCUT2D eigenvalue weighted by molar-refractivity contribution is -0.384. The number of hydrogen-bond donors (Lipinski definition) is 0. The van der Waals surface area contributed by atoms with Crippen LogP contribution < -0.4 is 0 Å². The number of nitrogens with zero attached hydrogens (tertiary/aromatic N) is 4. The van der Waals surface area contributed by atoms with Crippen LogP contribution in [0, 0.1) is 28.4 Å². The zero-order valence-electron chi connectivity index (χ0n) is 10.5. The normalized spacial score (nSPS) is 11.1. The van der Waals surface area contributed by atoms with Gasteiger partial charge in [0.25, 0.3) is 14.7 Å². The second-order valence-electron chi connectivity index (χ2n) is 3.97. The molecule has 0 aliphatic rings. The van der Waals surface area contributed by atoms with Crippen molar-refractivity contribution in [2.24, 2.45) is 0 Å². The number of benzene rings is 1. The highest BCUT2D eigenvalue weighted by Crippen LogP contribution is 2.29. The van der Waals surface area contributed by atoms with Gasteiger partial charge in [-0.15, -0.1) is 0 Å². The molecule has 0 saturated heterocycles. The van der Waals surface area contributed by atoms with Crippen LogP contribution in [-0.4, -0.2) is 23.1 Å². The SMILES string of the molecule is Cc1nn(-c2ccccc2[N+](=O)[O-])c(S(=O)(=O)Cl)c1C#N. The predicted molar refractivity (Wildman–Crippen MR) is 72.7 cm³/mol. The molecule has 2 rings (SSSR count). The average Bonchev–Trinajstić information content (AvgIpc) is 2.75. The molecule has 1 aromatic heterocycles. The van der Waals surface area contributed by atoms with Gasteiger partial charge in [0.2, 0.25) is 0 Å². The first-order valence-corrected chi connectivity index (χ1v) is 7.76. The van der Waals surface area contributed by atoms with Crippen molar-refractivity contribution in [3.63, 3.8) is 0 Å². The maximum atomic E-state index is 11.7. The molecule has 8 nitrogen and oxygen atoms in total. The van der Waals surface area contributed by atoms with E-state index in [4.69, 9.17) is 15.9 Å². The minimum atomic E-state index is -4.32. The molecule has 0 amide bonds. The van der Waals surface area contributed by atoms with Crippen LogP contribution in [0.15, 0.2) is 29.3 Å². The second-order valence-corrected chi connectivity index (χ2v) is 6.45. The fourth-order valence-electron chi connectivity index (χ4n) is 1.82. The number of halogens is 1. The molecule has 0 radical (unpaired) electrons. The summed E-state index contributed by atoms with van der Waals surface area (Å²) >= 11 is 0. The third-order valence-corrected chi connectivity index (χ3v) is 3.94. The number of nitriles is 1. The summed E-state index contributed by atoms with van der Waals surface area (Å²) in [6.07, 6.45) is 0. The topological polar surface area (TPSA) is 119 Å². The Balaban J connectivity index is 2.91. The molecule has 10 heteroatoms. The highest BCUT2D eigenvalue weighted by Gasteiger charge is 2.29. The second kappa shape index (κ2) is 5.16. The Hall–Kier alpha value is -2.44. The van der Waals surface area contributed by atoms with Gasteiger partial charge in [0.1, 0.15) is 17.3 Å². The van der Waals surface area contributed by atoms with Crippen LogP contribution in [0.2, 0.25) is 0 Å². The van der Waals surface area contributed by atoms with Crippen molar-refractivity contribution in [2.75, 3.05) is 0 Å². The molecule has 0 fully saturated rings. The maximum Gasteiger partial charge on any atom is 0.294 e. The molecule has 0 unspecified atom stereocenters. The molecule has 2 aromatic rings. The van der Waals surface area contributed by atoms with E-state index in [1.54, 1.807) is 6.07 Å². The van der Waals surface area contributed by atoms with E-state index in [2.05, 4.69) is 5.10 Å². The van der Waals surface area contributed by atoms with Crippen molar-refractivity contribution in [3.8, 4) is 11.8 Å². The standard InChI is InChI=1S/C11H7ClN4O4S/c1-7-8(6-13)11(21(12,19)20)15(14-7)9-4-2-3-5-10(9)16(17)18/h2-5H,1H3. The summed E-state index contributed by atoms with van der Waals surface area (Å²) in [4.78, 5) is 10.4. The number of rotatable bonds is 3. The van der Waals surface area contributed by atoms with Crippen LogP contribution in [-0.2, 0) is 9.05 Å². The minimum absolute atomic E-state index is 0.0914. The predicted octanol–water partition coefficient (Wildman–Crippen LogP) is 1.89. The lowest BCUT2D eigenvalue weighted by Crippen LogP contribution is -2.08. The maximum absolute atomic E-state index is 11.7. The Kier molecular flexibility index (Phi) is 3.67. The third kappa shape index (κ3) is 2.58. The van der Waals surface area contributed by atoms with Gasteiger partial charge >= 0.3 is 0 Å². The van der Waals surface area contributed by atoms with Crippen molar-refractivity contribution in [1.29, 1.82) is 5.26 Å². The number of nitro benzene ring substituents is 1. The van der Waals surface area contributed by atoms with E-state index in [0.717, 1.165) is 4.68 Å². The largest absolute Gasteiger partial charge is 0.294 e. The molecule has 0 aliphatic carbocycles. The first-order valence-electron chi connectivity index (χ1n) is 5.45. The van der Waals surface area contributed by atoms with Gasteiger partial charge in [-0.3, -0.25) is 10.1 Å². The molecule has 0 N–H and O–H groups in total. The average molecular weight is 327 g/mol. The lowest BCUT2D eigenvalue weighted by atomic mass is 10.2. The van der Waals surface area contributed by atoms with Crippen molar-refractivity contribution in [1.82, 2.24) is 9.78 Å².